The first-order valence-corrected chi connectivity index (χ1v) is 10.9. The molecule has 2 aromatic carbocycles. The Kier molecular flexibility index (Phi) is 6.15. The van der Waals surface area contributed by atoms with Gasteiger partial charge in [0.2, 0.25) is 5.91 Å². The van der Waals surface area contributed by atoms with Crippen molar-refractivity contribution in [2.24, 2.45) is 5.92 Å². The number of hydrogen-bond acceptors (Lipinski definition) is 4. The van der Waals surface area contributed by atoms with E-state index in [0.717, 1.165) is 25.7 Å². The van der Waals surface area contributed by atoms with Crippen molar-refractivity contribution in [1.82, 2.24) is 4.90 Å². The summed E-state index contributed by atoms with van der Waals surface area (Å²) < 4.78 is 5.40. The van der Waals surface area contributed by atoms with Crippen LogP contribution in [0.5, 0.6) is 5.75 Å². The van der Waals surface area contributed by atoms with Crippen LogP contribution in [0.25, 0.3) is 0 Å². The monoisotopic (exact) mass is 437 g/mol. The average Bonchev–Trinajstić information content (AvgIpc) is 3.19. The minimum absolute atomic E-state index is 0.0433. The highest BCUT2D eigenvalue weighted by atomic mass is 35.5. The molecular weight excluding hydrogens is 414 g/mol. The molecule has 7 heteroatoms. The molecule has 2 aliphatic rings. The van der Waals surface area contributed by atoms with Crippen molar-refractivity contribution in [3.8, 4) is 11.8 Å². The number of ether oxygens (including phenoxy) is 1. The smallest absolute Gasteiger partial charge is 0.258 e. The van der Waals surface area contributed by atoms with Gasteiger partial charge in [-0.1, -0.05) is 36.6 Å². The Morgan fingerprint density at radius 3 is 2.74 bits per heavy atom. The number of nitriles is 1. The Balaban J connectivity index is 1.64. The quantitative estimate of drug-likeness (QED) is 0.755. The maximum atomic E-state index is 13.6. The third-order valence-electron chi connectivity index (χ3n) is 6.32. The van der Waals surface area contributed by atoms with Crippen LogP contribution in [-0.2, 0) is 4.79 Å². The molecule has 1 saturated heterocycles. The third kappa shape index (κ3) is 4.11. The second kappa shape index (κ2) is 8.99. The molecule has 2 fully saturated rings. The van der Waals surface area contributed by atoms with E-state index in [2.05, 4.69) is 5.32 Å². The number of fused-ring (bicyclic) bond motifs is 1. The van der Waals surface area contributed by atoms with Crippen LogP contribution in [0.1, 0.15) is 48.0 Å². The Hall–Kier alpha value is -3.04. The highest BCUT2D eigenvalue weighted by molar-refractivity contribution is 6.31. The van der Waals surface area contributed by atoms with Crippen LogP contribution < -0.4 is 10.1 Å². The number of benzene rings is 2. The van der Waals surface area contributed by atoms with E-state index in [9.17, 15) is 14.9 Å². The molecule has 1 aliphatic carbocycles. The first kappa shape index (κ1) is 21.2. The number of nitrogens with one attached hydrogen (secondary N) is 1. The van der Waals surface area contributed by atoms with Gasteiger partial charge in [-0.05, 0) is 55.5 Å². The maximum absolute atomic E-state index is 13.6. The number of carbonyl (C=O) groups excluding carboxylic acids is 2. The fourth-order valence-electron chi connectivity index (χ4n) is 4.86. The summed E-state index contributed by atoms with van der Waals surface area (Å²) in [5.74, 6) is 0.384. The summed E-state index contributed by atoms with van der Waals surface area (Å²) in [5.41, 5.74) is 1.25. The molecule has 3 unspecified atom stereocenters. The van der Waals surface area contributed by atoms with E-state index in [1.165, 1.54) is 7.11 Å². The molecular formula is C24H24ClN3O3. The molecule has 1 saturated carbocycles. The number of halogens is 1. The standard InChI is InChI=1S/C24H24ClN3O3/c1-31-22-9-5-3-7-18(22)24(30)28-20-8-4-2-6-15(20)13-21(28)23(29)27-17-10-11-19(25)16(12-17)14-26/h3,5,7,9-12,15,20-21H,2,4,6,8,13H2,1H3,(H,27,29). The van der Waals surface area contributed by atoms with Crippen molar-refractivity contribution in [2.45, 2.75) is 44.2 Å². The van der Waals surface area contributed by atoms with E-state index in [1.807, 2.05) is 12.1 Å². The second-order valence-electron chi connectivity index (χ2n) is 8.07. The Bertz CT molecular complexity index is 1050. The third-order valence-corrected chi connectivity index (χ3v) is 6.65. The lowest BCUT2D eigenvalue weighted by Crippen LogP contribution is -2.48. The highest BCUT2D eigenvalue weighted by Gasteiger charge is 2.48. The van der Waals surface area contributed by atoms with Crippen LogP contribution in [-0.4, -0.2) is 35.9 Å². The first-order chi connectivity index (χ1) is 15.0. The summed E-state index contributed by atoms with van der Waals surface area (Å²) in [6.07, 6.45) is 4.72. The summed E-state index contributed by atoms with van der Waals surface area (Å²) in [5, 5.41) is 12.4. The fraction of sp³-hybridized carbons (Fsp3) is 0.375. The number of para-hydroxylation sites is 1. The predicted molar refractivity (Wildman–Crippen MR) is 118 cm³/mol. The van der Waals surface area contributed by atoms with Crippen LogP contribution in [0.4, 0.5) is 5.69 Å². The molecule has 2 amide bonds. The molecule has 1 N–H and O–H groups in total. The number of likely N-dealkylation sites (tertiary alicyclic amines) is 1. The van der Waals surface area contributed by atoms with Gasteiger partial charge < -0.3 is 15.0 Å². The number of nitrogens with zero attached hydrogens (tertiary/aromatic N) is 2. The molecule has 160 valence electrons. The van der Waals surface area contributed by atoms with Gasteiger partial charge in [-0.25, -0.2) is 0 Å². The van der Waals surface area contributed by atoms with E-state index >= 15 is 0 Å². The molecule has 2 aromatic rings. The lowest BCUT2D eigenvalue weighted by Gasteiger charge is -2.34. The number of rotatable bonds is 4. The van der Waals surface area contributed by atoms with Gasteiger partial charge in [0.1, 0.15) is 17.9 Å². The molecule has 3 atom stereocenters. The maximum Gasteiger partial charge on any atom is 0.258 e. The van der Waals surface area contributed by atoms with Gasteiger partial charge in [-0.2, -0.15) is 5.26 Å². The summed E-state index contributed by atoms with van der Waals surface area (Å²) in [6.45, 7) is 0. The van der Waals surface area contributed by atoms with Crippen molar-refractivity contribution in [3.63, 3.8) is 0 Å². The second-order valence-corrected chi connectivity index (χ2v) is 8.48. The first-order valence-electron chi connectivity index (χ1n) is 10.5. The molecule has 6 nitrogen and oxygen atoms in total. The molecule has 0 spiro atoms. The largest absolute Gasteiger partial charge is 0.496 e. The van der Waals surface area contributed by atoms with Crippen molar-refractivity contribution >= 4 is 29.1 Å². The van der Waals surface area contributed by atoms with Crippen LogP contribution in [0.3, 0.4) is 0 Å². The van der Waals surface area contributed by atoms with Crippen molar-refractivity contribution in [1.29, 1.82) is 5.26 Å². The highest BCUT2D eigenvalue weighted by Crippen LogP contribution is 2.41. The Labute approximate surface area is 186 Å². The fourth-order valence-corrected chi connectivity index (χ4v) is 5.02. The SMILES string of the molecule is COc1ccccc1C(=O)N1C(C(=O)Nc2ccc(Cl)c(C#N)c2)CC2CCCCC21. The van der Waals surface area contributed by atoms with Gasteiger partial charge in [0, 0.05) is 11.7 Å². The van der Waals surface area contributed by atoms with Gasteiger partial charge in [-0.3, -0.25) is 9.59 Å². The van der Waals surface area contributed by atoms with E-state index in [4.69, 9.17) is 16.3 Å². The summed E-state index contributed by atoms with van der Waals surface area (Å²) in [6, 6.07) is 13.4. The predicted octanol–water partition coefficient (Wildman–Crippen LogP) is 4.63. The summed E-state index contributed by atoms with van der Waals surface area (Å²) in [4.78, 5) is 28.7. The van der Waals surface area contributed by atoms with Crippen LogP contribution >= 0.6 is 11.6 Å². The molecule has 1 heterocycles. The topological polar surface area (TPSA) is 82.4 Å². The van der Waals surface area contributed by atoms with Crippen LogP contribution in [0.15, 0.2) is 42.5 Å². The van der Waals surface area contributed by atoms with Crippen molar-refractivity contribution < 1.29 is 14.3 Å². The Morgan fingerprint density at radius 2 is 1.97 bits per heavy atom. The minimum atomic E-state index is -0.577. The number of methoxy groups -OCH3 is 1. The normalized spacial score (nSPS) is 22.4. The van der Waals surface area contributed by atoms with Crippen molar-refractivity contribution in [3.05, 3.63) is 58.6 Å². The van der Waals surface area contributed by atoms with Gasteiger partial charge in [0.05, 0.1) is 23.3 Å². The zero-order valence-corrected chi connectivity index (χ0v) is 18.1. The van der Waals surface area contributed by atoms with Crippen molar-refractivity contribution in [2.75, 3.05) is 12.4 Å². The van der Waals surface area contributed by atoms with E-state index in [0.29, 0.717) is 39.9 Å². The van der Waals surface area contributed by atoms with E-state index in [-0.39, 0.29) is 17.9 Å². The van der Waals surface area contributed by atoms with Gasteiger partial charge >= 0.3 is 0 Å². The molecule has 0 bridgehead atoms. The number of amides is 2. The number of carbonyl (C=O) groups is 2. The van der Waals surface area contributed by atoms with Gasteiger partial charge in [0.25, 0.3) is 5.91 Å². The van der Waals surface area contributed by atoms with Gasteiger partial charge in [-0.15, -0.1) is 0 Å². The van der Waals surface area contributed by atoms with Crippen LogP contribution in [0, 0.1) is 17.2 Å². The van der Waals surface area contributed by atoms with E-state index in [1.54, 1.807) is 41.3 Å². The Morgan fingerprint density at radius 1 is 1.19 bits per heavy atom. The molecule has 1 aliphatic heterocycles. The molecule has 0 aromatic heterocycles. The average molecular weight is 438 g/mol. The van der Waals surface area contributed by atoms with Gasteiger partial charge in [0.15, 0.2) is 0 Å². The lowest BCUT2D eigenvalue weighted by atomic mass is 9.84. The lowest BCUT2D eigenvalue weighted by molar-refractivity contribution is -0.120. The summed E-state index contributed by atoms with van der Waals surface area (Å²) >= 11 is 6.00. The summed E-state index contributed by atoms with van der Waals surface area (Å²) in [7, 11) is 1.54. The molecule has 4 rings (SSSR count). The van der Waals surface area contributed by atoms with Crippen LogP contribution in [0.2, 0.25) is 5.02 Å². The molecule has 0 radical (unpaired) electrons. The number of anilines is 1. The molecule has 31 heavy (non-hydrogen) atoms. The zero-order valence-electron chi connectivity index (χ0n) is 17.3. The number of hydrogen-bond donors (Lipinski definition) is 1. The van der Waals surface area contributed by atoms with E-state index < -0.39 is 6.04 Å². The minimum Gasteiger partial charge on any atom is -0.496 e. The zero-order chi connectivity index (χ0) is 22.0.